The highest BCUT2D eigenvalue weighted by Gasteiger charge is 2.24. The van der Waals surface area contributed by atoms with Crippen LogP contribution in [0.5, 0.6) is 11.5 Å². The molecule has 7 heteroatoms. The van der Waals surface area contributed by atoms with Gasteiger partial charge in [0.25, 0.3) is 0 Å². The lowest BCUT2D eigenvalue weighted by Gasteiger charge is -2.29. The fourth-order valence-electron chi connectivity index (χ4n) is 3.73. The molecule has 3 aromatic rings. The smallest absolute Gasteiger partial charge is 0.228 e. The molecule has 1 aromatic heterocycles. The second-order valence-electron chi connectivity index (χ2n) is 7.30. The zero-order valence-electron chi connectivity index (χ0n) is 17.7. The van der Waals surface area contributed by atoms with Gasteiger partial charge in [-0.15, -0.1) is 11.3 Å². The van der Waals surface area contributed by atoms with Crippen LogP contribution in [0.1, 0.15) is 30.7 Å². The Kier molecular flexibility index (Phi) is 6.78. The summed E-state index contributed by atoms with van der Waals surface area (Å²) >= 11 is 7.79. The lowest BCUT2D eigenvalue weighted by atomic mass is 9.98. The number of carbonyl (C=O) groups is 1. The fraction of sp³-hybridized carbons (Fsp3) is 0.333. The molecule has 162 valence electrons. The summed E-state index contributed by atoms with van der Waals surface area (Å²) < 4.78 is 11.5. The average molecular weight is 457 g/mol. The van der Waals surface area contributed by atoms with E-state index >= 15 is 0 Å². The van der Waals surface area contributed by atoms with Gasteiger partial charge < -0.3 is 14.4 Å². The fourth-order valence-corrected chi connectivity index (χ4v) is 4.87. The third-order valence-electron chi connectivity index (χ3n) is 5.22. The second kappa shape index (κ2) is 9.71. The number of benzene rings is 2. The molecule has 0 atom stereocenters. The van der Waals surface area contributed by atoms with Gasteiger partial charge in [0.05, 0.1) is 30.4 Å². The van der Waals surface area contributed by atoms with E-state index in [0.717, 1.165) is 39.7 Å². The second-order valence-corrected chi connectivity index (χ2v) is 8.56. The van der Waals surface area contributed by atoms with Gasteiger partial charge in [-0.3, -0.25) is 4.79 Å². The summed E-state index contributed by atoms with van der Waals surface area (Å²) in [5.74, 6) is 1.59. The number of aromatic nitrogens is 1. The van der Waals surface area contributed by atoms with Crippen molar-refractivity contribution >= 4 is 28.8 Å². The number of amides is 1. The molecule has 0 spiro atoms. The first-order chi connectivity index (χ1) is 15.1. The van der Waals surface area contributed by atoms with E-state index < -0.39 is 0 Å². The Hall–Kier alpha value is -2.57. The molecule has 2 aromatic carbocycles. The number of hydrogen-bond donors (Lipinski definition) is 0. The van der Waals surface area contributed by atoms with Gasteiger partial charge in [-0.25, -0.2) is 4.98 Å². The molecule has 2 heterocycles. The zero-order chi connectivity index (χ0) is 21.8. The Morgan fingerprint density at radius 2 is 1.84 bits per heavy atom. The first kappa shape index (κ1) is 21.7. The lowest BCUT2D eigenvalue weighted by molar-refractivity contribution is -0.131. The minimum atomic E-state index is 0.0773. The molecule has 5 nitrogen and oxygen atoms in total. The molecular weight excluding hydrogens is 432 g/mol. The van der Waals surface area contributed by atoms with Crippen molar-refractivity contribution in [3.05, 3.63) is 63.6 Å². The molecule has 1 aliphatic heterocycles. The maximum absolute atomic E-state index is 13.0. The number of ether oxygens (including phenoxy) is 2. The van der Waals surface area contributed by atoms with E-state index in [1.807, 2.05) is 54.5 Å². The summed E-state index contributed by atoms with van der Waals surface area (Å²) in [6.07, 6.45) is 1.08. The van der Waals surface area contributed by atoms with Crippen molar-refractivity contribution in [3.63, 3.8) is 0 Å². The van der Waals surface area contributed by atoms with Crippen molar-refractivity contribution in [2.75, 3.05) is 19.8 Å². The average Bonchev–Trinajstić information content (AvgIpc) is 3.22. The van der Waals surface area contributed by atoms with Gasteiger partial charge in [0, 0.05) is 24.0 Å². The Balaban J connectivity index is 1.47. The SMILES string of the molecule is CCOc1cc2c(cc1OCC)CN(C(=O)Cc1csc(-c3ccccc3Cl)n1)CC2. The molecule has 0 radical (unpaired) electrons. The van der Waals surface area contributed by atoms with Crippen LogP contribution >= 0.6 is 22.9 Å². The van der Waals surface area contributed by atoms with E-state index in [-0.39, 0.29) is 12.3 Å². The van der Waals surface area contributed by atoms with E-state index in [9.17, 15) is 4.79 Å². The van der Waals surface area contributed by atoms with Crippen molar-refractivity contribution in [1.29, 1.82) is 0 Å². The van der Waals surface area contributed by atoms with Crippen LogP contribution < -0.4 is 9.47 Å². The van der Waals surface area contributed by atoms with Gasteiger partial charge in [0.15, 0.2) is 11.5 Å². The van der Waals surface area contributed by atoms with E-state index in [1.54, 1.807) is 0 Å². The number of thiazole rings is 1. The number of carbonyl (C=O) groups excluding carboxylic acids is 1. The highest BCUT2D eigenvalue weighted by atomic mass is 35.5. The molecule has 1 amide bonds. The topological polar surface area (TPSA) is 51.7 Å². The maximum Gasteiger partial charge on any atom is 0.228 e. The monoisotopic (exact) mass is 456 g/mol. The van der Waals surface area contributed by atoms with Gasteiger partial charge in [-0.2, -0.15) is 0 Å². The van der Waals surface area contributed by atoms with Crippen LogP contribution in [-0.4, -0.2) is 35.5 Å². The van der Waals surface area contributed by atoms with Crippen LogP contribution in [0.15, 0.2) is 41.8 Å². The van der Waals surface area contributed by atoms with E-state index in [0.29, 0.717) is 31.3 Å². The van der Waals surface area contributed by atoms with Gasteiger partial charge in [0.1, 0.15) is 5.01 Å². The summed E-state index contributed by atoms with van der Waals surface area (Å²) in [6, 6.07) is 11.7. The largest absolute Gasteiger partial charge is 0.490 e. The Bertz CT molecular complexity index is 1080. The molecule has 0 saturated heterocycles. The van der Waals surface area contributed by atoms with Gasteiger partial charge in [-0.05, 0) is 49.6 Å². The van der Waals surface area contributed by atoms with Crippen LogP contribution in [0.3, 0.4) is 0 Å². The van der Waals surface area contributed by atoms with Crippen LogP contribution in [0.4, 0.5) is 0 Å². The van der Waals surface area contributed by atoms with E-state index in [2.05, 4.69) is 11.1 Å². The molecule has 1 aliphatic rings. The van der Waals surface area contributed by atoms with Crippen LogP contribution in [-0.2, 0) is 24.2 Å². The first-order valence-electron chi connectivity index (χ1n) is 10.5. The third kappa shape index (κ3) is 4.86. The minimum Gasteiger partial charge on any atom is -0.490 e. The predicted octanol–water partition coefficient (Wildman–Crippen LogP) is 5.39. The number of rotatable bonds is 7. The zero-order valence-corrected chi connectivity index (χ0v) is 19.3. The predicted molar refractivity (Wildman–Crippen MR) is 124 cm³/mol. The Morgan fingerprint density at radius 1 is 1.13 bits per heavy atom. The van der Waals surface area contributed by atoms with Crippen molar-refractivity contribution in [1.82, 2.24) is 9.88 Å². The highest BCUT2D eigenvalue weighted by Crippen LogP contribution is 2.34. The summed E-state index contributed by atoms with van der Waals surface area (Å²) in [5, 5.41) is 3.44. The normalized spacial score (nSPS) is 13.1. The molecule has 0 aliphatic carbocycles. The lowest BCUT2D eigenvalue weighted by Crippen LogP contribution is -2.37. The molecular formula is C24H25ClN2O3S. The molecule has 4 rings (SSSR count). The quantitative estimate of drug-likeness (QED) is 0.478. The van der Waals surface area contributed by atoms with Gasteiger partial charge in [0.2, 0.25) is 5.91 Å². The third-order valence-corrected chi connectivity index (χ3v) is 6.47. The van der Waals surface area contributed by atoms with Crippen molar-refractivity contribution in [2.24, 2.45) is 0 Å². The summed E-state index contributed by atoms with van der Waals surface area (Å²) in [5.41, 5.74) is 4.00. The molecule has 0 N–H and O–H groups in total. The van der Waals surface area contributed by atoms with Crippen LogP contribution in [0.25, 0.3) is 10.6 Å². The summed E-state index contributed by atoms with van der Waals surface area (Å²) in [7, 11) is 0. The number of fused-ring (bicyclic) bond motifs is 1. The number of halogens is 1. The number of nitrogens with zero attached hydrogens (tertiary/aromatic N) is 2. The summed E-state index contributed by atoms with van der Waals surface area (Å²) in [6.45, 7) is 6.34. The van der Waals surface area contributed by atoms with E-state index in [1.165, 1.54) is 16.9 Å². The van der Waals surface area contributed by atoms with E-state index in [4.69, 9.17) is 21.1 Å². The maximum atomic E-state index is 13.0. The molecule has 0 saturated carbocycles. The first-order valence-corrected chi connectivity index (χ1v) is 11.7. The van der Waals surface area contributed by atoms with Crippen LogP contribution in [0, 0.1) is 0 Å². The number of hydrogen-bond acceptors (Lipinski definition) is 5. The van der Waals surface area contributed by atoms with Gasteiger partial charge >= 0.3 is 0 Å². The molecule has 0 bridgehead atoms. The van der Waals surface area contributed by atoms with Crippen molar-refractivity contribution in [3.8, 4) is 22.1 Å². The summed E-state index contributed by atoms with van der Waals surface area (Å²) in [4.78, 5) is 19.5. The Labute approximate surface area is 191 Å². The minimum absolute atomic E-state index is 0.0773. The molecule has 31 heavy (non-hydrogen) atoms. The highest BCUT2D eigenvalue weighted by molar-refractivity contribution is 7.13. The molecule has 0 unspecified atom stereocenters. The molecule has 0 fully saturated rings. The standard InChI is InChI=1S/C24H25ClN2O3S/c1-3-29-21-11-16-9-10-27(14-17(16)12-22(21)30-4-2)23(28)13-18-15-31-24(26-18)19-7-5-6-8-20(19)25/h5-8,11-12,15H,3-4,9-10,13-14H2,1-2H3. The Morgan fingerprint density at radius 3 is 2.55 bits per heavy atom. The van der Waals surface area contributed by atoms with Gasteiger partial charge in [-0.1, -0.05) is 29.8 Å². The van der Waals surface area contributed by atoms with Crippen molar-refractivity contribution in [2.45, 2.75) is 33.2 Å². The van der Waals surface area contributed by atoms with Crippen LogP contribution in [0.2, 0.25) is 5.02 Å². The van der Waals surface area contributed by atoms with Crippen molar-refractivity contribution < 1.29 is 14.3 Å².